The van der Waals surface area contributed by atoms with Crippen LogP contribution in [0.3, 0.4) is 0 Å². The van der Waals surface area contributed by atoms with Crippen molar-refractivity contribution in [1.82, 2.24) is 4.98 Å². The third-order valence-corrected chi connectivity index (χ3v) is 3.24. The predicted octanol–water partition coefficient (Wildman–Crippen LogP) is 4.39. The second kappa shape index (κ2) is 6.19. The highest BCUT2D eigenvalue weighted by molar-refractivity contribution is 6.12. The zero-order valence-electron chi connectivity index (χ0n) is 12.2. The Morgan fingerprint density at radius 1 is 1.00 bits per heavy atom. The van der Waals surface area contributed by atoms with Gasteiger partial charge in [-0.1, -0.05) is 12.1 Å². The number of pyridine rings is 1. The molecule has 0 unspecified atom stereocenters. The van der Waals surface area contributed by atoms with Crippen LogP contribution in [0.2, 0.25) is 0 Å². The Morgan fingerprint density at radius 3 is 2.46 bits per heavy atom. The Morgan fingerprint density at radius 2 is 1.75 bits per heavy atom. The van der Waals surface area contributed by atoms with Gasteiger partial charge in [0.15, 0.2) is 0 Å². The normalized spacial score (nSPS) is 11.3. The Labute approximate surface area is 134 Å². The van der Waals surface area contributed by atoms with Gasteiger partial charge in [-0.25, -0.2) is 0 Å². The number of rotatable bonds is 3. The number of aromatic nitrogens is 1. The van der Waals surface area contributed by atoms with Crippen molar-refractivity contribution in [3.8, 4) is 5.75 Å². The Kier molecular flexibility index (Phi) is 4.07. The molecule has 4 nitrogen and oxygen atoms in total. The number of fused-ring (bicyclic) bond motifs is 1. The highest BCUT2D eigenvalue weighted by Gasteiger charge is 2.30. The number of nitrogens with one attached hydrogen (secondary N) is 1. The number of amides is 1. The monoisotopic (exact) mass is 332 g/mol. The van der Waals surface area contributed by atoms with Gasteiger partial charge in [-0.2, -0.15) is 0 Å². The summed E-state index contributed by atoms with van der Waals surface area (Å²) < 4.78 is 40.2. The van der Waals surface area contributed by atoms with Gasteiger partial charge in [0, 0.05) is 22.8 Å². The van der Waals surface area contributed by atoms with Crippen molar-refractivity contribution >= 4 is 22.5 Å². The summed E-state index contributed by atoms with van der Waals surface area (Å²) in [5.41, 5.74) is 1.46. The number of halogens is 3. The van der Waals surface area contributed by atoms with Crippen LogP contribution < -0.4 is 10.1 Å². The Balaban J connectivity index is 1.79. The van der Waals surface area contributed by atoms with Crippen molar-refractivity contribution in [1.29, 1.82) is 0 Å². The zero-order chi connectivity index (χ0) is 17.2. The number of hydrogen-bond donors (Lipinski definition) is 1. The van der Waals surface area contributed by atoms with Crippen LogP contribution in [0.1, 0.15) is 10.4 Å². The number of carbonyl (C=O) groups is 1. The number of hydrogen-bond acceptors (Lipinski definition) is 3. The lowest BCUT2D eigenvalue weighted by atomic mass is 10.1. The molecule has 1 heterocycles. The number of ether oxygens (including phenoxy) is 1. The molecule has 0 aliphatic rings. The highest BCUT2D eigenvalue weighted by Crippen LogP contribution is 2.24. The summed E-state index contributed by atoms with van der Waals surface area (Å²) >= 11 is 0. The number of alkyl halides is 3. The molecule has 0 spiro atoms. The lowest BCUT2D eigenvalue weighted by Gasteiger charge is -2.10. The first-order valence-corrected chi connectivity index (χ1v) is 6.93. The van der Waals surface area contributed by atoms with Gasteiger partial charge in [-0.15, -0.1) is 13.2 Å². The third kappa shape index (κ3) is 3.62. The molecule has 0 bridgehead atoms. The van der Waals surface area contributed by atoms with E-state index in [0.29, 0.717) is 22.2 Å². The highest BCUT2D eigenvalue weighted by atomic mass is 19.4. The molecule has 1 amide bonds. The van der Waals surface area contributed by atoms with E-state index in [9.17, 15) is 18.0 Å². The van der Waals surface area contributed by atoms with Crippen molar-refractivity contribution in [2.45, 2.75) is 6.36 Å². The zero-order valence-corrected chi connectivity index (χ0v) is 12.2. The fraction of sp³-hybridized carbons (Fsp3) is 0.0588. The second-order valence-corrected chi connectivity index (χ2v) is 4.90. The van der Waals surface area contributed by atoms with E-state index < -0.39 is 6.36 Å². The molecule has 3 aromatic rings. The molecule has 1 N–H and O–H groups in total. The maximum Gasteiger partial charge on any atom is 0.573 e. The number of anilines is 1. The molecule has 0 radical (unpaired) electrons. The Hall–Kier alpha value is -3.09. The standard InChI is InChI=1S/C17H11F3N2O2/c18-17(19,20)24-12-8-6-11(7-9-12)22-16(23)14-3-1-5-15-13(14)4-2-10-21-15/h1-10H,(H,22,23). The minimum Gasteiger partial charge on any atom is -0.406 e. The topological polar surface area (TPSA) is 51.2 Å². The first-order valence-electron chi connectivity index (χ1n) is 6.93. The van der Waals surface area contributed by atoms with Crippen molar-refractivity contribution in [2.75, 3.05) is 5.32 Å². The molecule has 0 saturated heterocycles. The first kappa shape index (κ1) is 15.8. The van der Waals surface area contributed by atoms with Gasteiger partial charge in [0.2, 0.25) is 0 Å². The summed E-state index contributed by atoms with van der Waals surface area (Å²) in [4.78, 5) is 16.6. The minimum atomic E-state index is -4.75. The predicted molar refractivity (Wildman–Crippen MR) is 82.8 cm³/mol. The van der Waals surface area contributed by atoms with E-state index in [2.05, 4.69) is 15.0 Å². The molecule has 7 heteroatoms. The van der Waals surface area contributed by atoms with Crippen LogP contribution in [-0.4, -0.2) is 17.3 Å². The molecular weight excluding hydrogens is 321 g/mol. The van der Waals surface area contributed by atoms with Crippen LogP contribution in [0, 0.1) is 0 Å². The van der Waals surface area contributed by atoms with Gasteiger partial charge < -0.3 is 10.1 Å². The summed E-state index contributed by atoms with van der Waals surface area (Å²) in [6.45, 7) is 0. The molecule has 0 atom stereocenters. The summed E-state index contributed by atoms with van der Waals surface area (Å²) in [7, 11) is 0. The largest absolute Gasteiger partial charge is 0.573 e. The van der Waals surface area contributed by atoms with Crippen LogP contribution >= 0.6 is 0 Å². The van der Waals surface area contributed by atoms with Crippen molar-refractivity contribution in [2.24, 2.45) is 0 Å². The lowest BCUT2D eigenvalue weighted by molar-refractivity contribution is -0.274. The maximum atomic E-state index is 12.4. The fourth-order valence-corrected chi connectivity index (χ4v) is 2.24. The van der Waals surface area contributed by atoms with E-state index in [1.165, 1.54) is 12.1 Å². The molecule has 0 aliphatic carbocycles. The number of nitrogens with zero attached hydrogens (tertiary/aromatic N) is 1. The van der Waals surface area contributed by atoms with Gasteiger partial charge in [-0.05, 0) is 42.5 Å². The van der Waals surface area contributed by atoms with Crippen molar-refractivity contribution in [3.05, 3.63) is 66.4 Å². The molecule has 2 aromatic carbocycles. The van der Waals surface area contributed by atoms with Gasteiger partial charge in [0.1, 0.15) is 5.75 Å². The third-order valence-electron chi connectivity index (χ3n) is 3.24. The molecule has 3 rings (SSSR count). The van der Waals surface area contributed by atoms with Crippen LogP contribution in [0.5, 0.6) is 5.75 Å². The van der Waals surface area contributed by atoms with Crippen LogP contribution in [0.4, 0.5) is 18.9 Å². The van der Waals surface area contributed by atoms with E-state index in [1.54, 1.807) is 36.5 Å². The SMILES string of the molecule is O=C(Nc1ccc(OC(F)(F)F)cc1)c1cccc2ncccc12. The average molecular weight is 332 g/mol. The van der Waals surface area contributed by atoms with Crippen molar-refractivity contribution < 1.29 is 22.7 Å². The van der Waals surface area contributed by atoms with E-state index in [-0.39, 0.29) is 11.7 Å². The molecule has 0 fully saturated rings. The average Bonchev–Trinajstić information content (AvgIpc) is 2.55. The van der Waals surface area contributed by atoms with Gasteiger partial charge in [-0.3, -0.25) is 9.78 Å². The van der Waals surface area contributed by atoms with Crippen molar-refractivity contribution in [3.63, 3.8) is 0 Å². The quantitative estimate of drug-likeness (QED) is 0.774. The molecule has 0 aliphatic heterocycles. The van der Waals surface area contributed by atoms with Crippen LogP contribution in [0.15, 0.2) is 60.8 Å². The number of carbonyl (C=O) groups excluding carboxylic acids is 1. The summed E-state index contributed by atoms with van der Waals surface area (Å²) in [6, 6.07) is 13.6. The van der Waals surface area contributed by atoms with Gasteiger partial charge >= 0.3 is 6.36 Å². The Bertz CT molecular complexity index is 872. The van der Waals surface area contributed by atoms with E-state index in [4.69, 9.17) is 0 Å². The second-order valence-electron chi connectivity index (χ2n) is 4.90. The smallest absolute Gasteiger partial charge is 0.406 e. The first-order chi connectivity index (χ1) is 11.4. The maximum absolute atomic E-state index is 12.4. The van der Waals surface area contributed by atoms with E-state index in [0.717, 1.165) is 12.1 Å². The van der Waals surface area contributed by atoms with E-state index in [1.807, 2.05) is 0 Å². The van der Waals surface area contributed by atoms with Crippen LogP contribution in [0.25, 0.3) is 10.9 Å². The summed E-state index contributed by atoms with van der Waals surface area (Å²) in [6.07, 6.45) is -3.12. The molecule has 122 valence electrons. The fourth-order valence-electron chi connectivity index (χ4n) is 2.24. The molecule has 1 aromatic heterocycles. The minimum absolute atomic E-state index is 0.352. The van der Waals surface area contributed by atoms with Gasteiger partial charge in [0.05, 0.1) is 5.52 Å². The molecule has 24 heavy (non-hydrogen) atoms. The summed E-state index contributed by atoms with van der Waals surface area (Å²) in [5, 5.41) is 3.33. The summed E-state index contributed by atoms with van der Waals surface area (Å²) in [5.74, 6) is -0.729. The van der Waals surface area contributed by atoms with E-state index >= 15 is 0 Å². The van der Waals surface area contributed by atoms with Crippen LogP contribution in [-0.2, 0) is 0 Å². The number of benzene rings is 2. The lowest BCUT2D eigenvalue weighted by Crippen LogP contribution is -2.17. The molecule has 0 saturated carbocycles. The molecular formula is C17H11F3N2O2. The van der Waals surface area contributed by atoms with Gasteiger partial charge in [0.25, 0.3) is 5.91 Å².